The highest BCUT2D eigenvalue weighted by Crippen LogP contribution is 2.26. The summed E-state index contributed by atoms with van der Waals surface area (Å²) in [7, 11) is -2.24. The summed E-state index contributed by atoms with van der Waals surface area (Å²) < 4.78 is 31.7. The van der Waals surface area contributed by atoms with Gasteiger partial charge in [0.1, 0.15) is 5.75 Å². The lowest BCUT2D eigenvalue weighted by atomic mass is 9.97. The van der Waals surface area contributed by atoms with E-state index in [0.717, 1.165) is 12.8 Å². The number of halogens is 1. The summed E-state index contributed by atoms with van der Waals surface area (Å²) in [4.78, 5) is 0.0463. The van der Waals surface area contributed by atoms with Crippen LogP contribution in [0.25, 0.3) is 0 Å². The van der Waals surface area contributed by atoms with Crippen LogP contribution in [0, 0.1) is 5.92 Å². The minimum Gasteiger partial charge on any atom is -0.495 e. The normalized spacial score (nSPS) is 13.4. The van der Waals surface area contributed by atoms with Crippen molar-refractivity contribution in [2.45, 2.75) is 37.7 Å². The van der Waals surface area contributed by atoms with Gasteiger partial charge in [0.2, 0.25) is 10.0 Å². The highest BCUT2D eigenvalue weighted by molar-refractivity contribution is 7.89. The first-order valence-electron chi connectivity index (χ1n) is 6.87. The molecule has 0 saturated heterocycles. The van der Waals surface area contributed by atoms with Crippen molar-refractivity contribution in [2.24, 2.45) is 5.92 Å². The molecule has 1 aromatic rings. The summed E-state index contributed by atoms with van der Waals surface area (Å²) >= 11 is 5.93. The Hall–Kier alpha value is -0.820. The minimum absolute atomic E-state index is 0.0155. The molecule has 5 nitrogen and oxygen atoms in total. The van der Waals surface area contributed by atoms with Crippen LogP contribution in [-0.2, 0) is 10.0 Å². The number of methoxy groups -OCH3 is 1. The van der Waals surface area contributed by atoms with Gasteiger partial charge in [-0.2, -0.15) is 0 Å². The SMILES string of the molecule is CCC(CC)C(O)CNS(=O)(=O)c1ccc(OC)c(Cl)c1. The van der Waals surface area contributed by atoms with Crippen molar-refractivity contribution in [1.82, 2.24) is 4.72 Å². The Morgan fingerprint density at radius 2 is 1.95 bits per heavy atom. The second kappa shape index (κ2) is 7.98. The largest absolute Gasteiger partial charge is 0.495 e. The van der Waals surface area contributed by atoms with Gasteiger partial charge in [0, 0.05) is 6.54 Å². The predicted molar refractivity (Wildman–Crippen MR) is 83.3 cm³/mol. The van der Waals surface area contributed by atoms with E-state index >= 15 is 0 Å². The molecule has 21 heavy (non-hydrogen) atoms. The number of sulfonamides is 1. The molecule has 2 N–H and O–H groups in total. The molecule has 0 aliphatic carbocycles. The van der Waals surface area contributed by atoms with Gasteiger partial charge in [-0.25, -0.2) is 13.1 Å². The summed E-state index contributed by atoms with van der Waals surface area (Å²) in [6.45, 7) is 3.92. The first-order chi connectivity index (χ1) is 9.85. The average molecular weight is 336 g/mol. The van der Waals surface area contributed by atoms with Crippen molar-refractivity contribution < 1.29 is 18.3 Å². The third-order valence-corrected chi connectivity index (χ3v) is 5.23. The monoisotopic (exact) mass is 335 g/mol. The zero-order chi connectivity index (χ0) is 16.0. The highest BCUT2D eigenvalue weighted by Gasteiger charge is 2.20. The fourth-order valence-electron chi connectivity index (χ4n) is 2.09. The molecule has 120 valence electrons. The van der Waals surface area contributed by atoms with Crippen LogP contribution in [0.4, 0.5) is 0 Å². The van der Waals surface area contributed by atoms with Crippen LogP contribution in [0.5, 0.6) is 5.75 Å². The Balaban J connectivity index is 2.80. The number of hydrogen-bond donors (Lipinski definition) is 2. The molecule has 0 aliphatic heterocycles. The van der Waals surface area contributed by atoms with Crippen molar-refractivity contribution in [3.63, 3.8) is 0 Å². The number of nitrogens with one attached hydrogen (secondary N) is 1. The number of aliphatic hydroxyl groups excluding tert-OH is 1. The molecule has 0 saturated carbocycles. The molecular weight excluding hydrogens is 314 g/mol. The second-order valence-corrected chi connectivity index (χ2v) is 6.97. The number of rotatable bonds is 8. The quantitative estimate of drug-likeness (QED) is 0.765. The summed E-state index contributed by atoms with van der Waals surface area (Å²) in [6, 6.07) is 4.23. The Bertz CT molecular complexity index is 558. The van der Waals surface area contributed by atoms with Crippen LogP contribution in [0.15, 0.2) is 23.1 Å². The van der Waals surface area contributed by atoms with Gasteiger partial charge in [0.05, 0.1) is 23.1 Å². The molecule has 1 aromatic carbocycles. The number of aliphatic hydroxyl groups is 1. The molecule has 0 fully saturated rings. The number of hydrogen-bond acceptors (Lipinski definition) is 4. The fourth-order valence-corrected chi connectivity index (χ4v) is 3.49. The molecule has 0 spiro atoms. The van der Waals surface area contributed by atoms with Gasteiger partial charge in [-0.3, -0.25) is 0 Å². The van der Waals surface area contributed by atoms with E-state index in [0.29, 0.717) is 5.75 Å². The molecule has 1 rings (SSSR count). The van der Waals surface area contributed by atoms with Crippen molar-refractivity contribution in [2.75, 3.05) is 13.7 Å². The van der Waals surface area contributed by atoms with E-state index in [-0.39, 0.29) is 22.4 Å². The highest BCUT2D eigenvalue weighted by atomic mass is 35.5. The zero-order valence-electron chi connectivity index (χ0n) is 12.5. The Labute approximate surface area is 131 Å². The van der Waals surface area contributed by atoms with E-state index in [1.165, 1.54) is 25.3 Å². The van der Waals surface area contributed by atoms with Crippen molar-refractivity contribution in [1.29, 1.82) is 0 Å². The smallest absolute Gasteiger partial charge is 0.240 e. The Kier molecular flexibility index (Phi) is 6.93. The van der Waals surface area contributed by atoms with Crippen LogP contribution >= 0.6 is 11.6 Å². The maximum atomic E-state index is 12.2. The molecule has 0 radical (unpaired) electrons. The predicted octanol–water partition coefficient (Wildman–Crippen LogP) is 2.42. The topological polar surface area (TPSA) is 75.6 Å². The van der Waals surface area contributed by atoms with E-state index in [1.807, 2.05) is 13.8 Å². The lowest BCUT2D eigenvalue weighted by molar-refractivity contribution is 0.107. The molecular formula is C14H22ClNO4S. The maximum absolute atomic E-state index is 12.2. The summed E-state index contributed by atoms with van der Waals surface area (Å²) in [5.41, 5.74) is 0. The summed E-state index contributed by atoms with van der Waals surface area (Å²) in [5, 5.41) is 10.2. The number of ether oxygens (including phenoxy) is 1. The molecule has 0 heterocycles. The van der Waals surface area contributed by atoms with Crippen LogP contribution in [-0.4, -0.2) is 33.3 Å². The zero-order valence-corrected chi connectivity index (χ0v) is 14.0. The van der Waals surface area contributed by atoms with Crippen molar-refractivity contribution in [3.05, 3.63) is 23.2 Å². The molecule has 0 bridgehead atoms. The van der Waals surface area contributed by atoms with Gasteiger partial charge < -0.3 is 9.84 Å². The first kappa shape index (κ1) is 18.2. The lowest BCUT2D eigenvalue weighted by Crippen LogP contribution is -2.36. The molecule has 0 aliphatic rings. The van der Waals surface area contributed by atoms with Crippen LogP contribution in [0.2, 0.25) is 5.02 Å². The number of benzene rings is 1. The summed E-state index contributed by atoms with van der Waals surface area (Å²) in [6.07, 6.45) is 0.894. The average Bonchev–Trinajstić information content (AvgIpc) is 2.46. The van der Waals surface area contributed by atoms with Gasteiger partial charge in [-0.1, -0.05) is 38.3 Å². The van der Waals surface area contributed by atoms with E-state index < -0.39 is 16.1 Å². The minimum atomic E-state index is -3.70. The van der Waals surface area contributed by atoms with Crippen LogP contribution < -0.4 is 9.46 Å². The third-order valence-electron chi connectivity index (χ3n) is 3.51. The van der Waals surface area contributed by atoms with Crippen molar-refractivity contribution >= 4 is 21.6 Å². The van der Waals surface area contributed by atoms with Crippen LogP contribution in [0.1, 0.15) is 26.7 Å². The molecule has 0 aromatic heterocycles. The maximum Gasteiger partial charge on any atom is 0.240 e. The van der Waals surface area contributed by atoms with Crippen molar-refractivity contribution in [3.8, 4) is 5.75 Å². The van der Waals surface area contributed by atoms with E-state index in [4.69, 9.17) is 16.3 Å². The Morgan fingerprint density at radius 3 is 2.43 bits per heavy atom. The first-order valence-corrected chi connectivity index (χ1v) is 8.73. The molecule has 1 unspecified atom stereocenters. The standard InChI is InChI=1S/C14H22ClNO4S/c1-4-10(5-2)13(17)9-16-21(18,19)11-6-7-14(20-3)12(15)8-11/h6-8,10,13,16-17H,4-5,9H2,1-3H3. The summed E-state index contributed by atoms with van der Waals surface area (Å²) in [5.74, 6) is 0.486. The van der Waals surface area contributed by atoms with Gasteiger partial charge >= 0.3 is 0 Å². The van der Waals surface area contributed by atoms with Gasteiger partial charge in [0.15, 0.2) is 0 Å². The molecule has 1 atom stereocenters. The van der Waals surface area contributed by atoms with Gasteiger partial charge in [0.25, 0.3) is 0 Å². The van der Waals surface area contributed by atoms with Gasteiger partial charge in [-0.05, 0) is 24.1 Å². The van der Waals surface area contributed by atoms with E-state index in [1.54, 1.807) is 0 Å². The van der Waals surface area contributed by atoms with Crippen LogP contribution in [0.3, 0.4) is 0 Å². The second-order valence-electron chi connectivity index (χ2n) is 4.79. The fraction of sp³-hybridized carbons (Fsp3) is 0.571. The van der Waals surface area contributed by atoms with Gasteiger partial charge in [-0.15, -0.1) is 0 Å². The van der Waals surface area contributed by atoms with E-state index in [2.05, 4.69) is 4.72 Å². The third kappa shape index (κ3) is 4.85. The molecule has 7 heteroatoms. The Morgan fingerprint density at radius 1 is 1.33 bits per heavy atom. The van der Waals surface area contributed by atoms with E-state index in [9.17, 15) is 13.5 Å². The lowest BCUT2D eigenvalue weighted by Gasteiger charge is -2.20. The molecule has 0 amide bonds.